The molecule has 0 aromatic rings. The van der Waals surface area contributed by atoms with E-state index in [-0.39, 0.29) is 30.8 Å². The predicted octanol–water partition coefficient (Wildman–Crippen LogP) is -0.533. The number of hydrogen-bond donors (Lipinski definition) is 2. The molecule has 2 aliphatic heterocycles. The normalized spacial score (nSPS) is 39.7. The minimum Gasteiger partial charge on any atom is -0.396 e. The van der Waals surface area contributed by atoms with Crippen molar-refractivity contribution in [3.05, 3.63) is 0 Å². The van der Waals surface area contributed by atoms with Gasteiger partial charge in [-0.15, -0.1) is 0 Å². The second-order valence-electron chi connectivity index (χ2n) is 5.41. The number of hydrogen-bond acceptors (Lipinski definition) is 5. The number of morpholine rings is 1. The first kappa shape index (κ1) is 13.2. The van der Waals surface area contributed by atoms with Crippen molar-refractivity contribution in [1.82, 2.24) is 4.90 Å². The second kappa shape index (κ2) is 5.63. The van der Waals surface area contributed by atoms with Crippen LogP contribution in [-0.4, -0.2) is 73.4 Å². The molecular weight excluding hydrogens is 222 g/mol. The molecule has 3 atom stereocenters. The number of rotatable bonds is 4. The topological polar surface area (TPSA) is 62.2 Å². The van der Waals surface area contributed by atoms with Gasteiger partial charge in [0.25, 0.3) is 0 Å². The van der Waals surface area contributed by atoms with Crippen molar-refractivity contribution in [2.45, 2.75) is 25.6 Å². The van der Waals surface area contributed by atoms with Gasteiger partial charge >= 0.3 is 0 Å². The van der Waals surface area contributed by atoms with Gasteiger partial charge in [0.2, 0.25) is 0 Å². The molecule has 2 rings (SSSR count). The van der Waals surface area contributed by atoms with E-state index in [4.69, 9.17) is 9.47 Å². The van der Waals surface area contributed by atoms with Crippen LogP contribution in [0.1, 0.15) is 13.3 Å². The molecule has 2 aliphatic rings. The standard InChI is InChI=1S/C12H23NO4/c1-10-4-13(5-11(6-14)17-10)7-12(8-15)2-3-16-9-12/h10-11,14-15H,2-9H2,1H3. The van der Waals surface area contributed by atoms with Crippen LogP contribution in [0, 0.1) is 5.41 Å². The fourth-order valence-electron chi connectivity index (χ4n) is 2.79. The van der Waals surface area contributed by atoms with E-state index >= 15 is 0 Å². The highest BCUT2D eigenvalue weighted by atomic mass is 16.5. The first-order valence-corrected chi connectivity index (χ1v) is 6.35. The third-order valence-electron chi connectivity index (χ3n) is 3.68. The summed E-state index contributed by atoms with van der Waals surface area (Å²) in [6.45, 7) is 6.05. The van der Waals surface area contributed by atoms with E-state index in [0.29, 0.717) is 6.61 Å². The zero-order chi connectivity index (χ0) is 12.3. The highest BCUT2D eigenvalue weighted by molar-refractivity contribution is 4.88. The molecule has 5 nitrogen and oxygen atoms in total. The van der Waals surface area contributed by atoms with Crippen LogP contribution in [-0.2, 0) is 9.47 Å². The van der Waals surface area contributed by atoms with E-state index in [9.17, 15) is 10.2 Å². The summed E-state index contributed by atoms with van der Waals surface area (Å²) in [5, 5.41) is 18.7. The Morgan fingerprint density at radius 1 is 1.35 bits per heavy atom. The monoisotopic (exact) mass is 245 g/mol. The lowest BCUT2D eigenvalue weighted by Crippen LogP contribution is -2.52. The van der Waals surface area contributed by atoms with Crippen LogP contribution in [0.4, 0.5) is 0 Å². The lowest BCUT2D eigenvalue weighted by atomic mass is 9.87. The third-order valence-corrected chi connectivity index (χ3v) is 3.68. The van der Waals surface area contributed by atoms with Gasteiger partial charge in [-0.25, -0.2) is 0 Å². The fourth-order valence-corrected chi connectivity index (χ4v) is 2.79. The molecule has 0 saturated carbocycles. The maximum atomic E-state index is 9.55. The van der Waals surface area contributed by atoms with Gasteiger partial charge < -0.3 is 19.7 Å². The molecule has 17 heavy (non-hydrogen) atoms. The van der Waals surface area contributed by atoms with Crippen LogP contribution in [0.25, 0.3) is 0 Å². The SMILES string of the molecule is CC1CN(CC2(CO)CCOC2)CC(CO)O1. The van der Waals surface area contributed by atoms with Crippen molar-refractivity contribution < 1.29 is 19.7 Å². The highest BCUT2D eigenvalue weighted by Crippen LogP contribution is 2.30. The molecule has 0 bridgehead atoms. The summed E-state index contributed by atoms with van der Waals surface area (Å²) in [6.07, 6.45) is 0.953. The molecule has 5 heteroatoms. The summed E-state index contributed by atoms with van der Waals surface area (Å²) in [6, 6.07) is 0. The summed E-state index contributed by atoms with van der Waals surface area (Å²) in [5.41, 5.74) is -0.114. The number of aliphatic hydroxyl groups excluding tert-OH is 2. The molecule has 2 heterocycles. The summed E-state index contributed by atoms with van der Waals surface area (Å²) in [5.74, 6) is 0. The van der Waals surface area contributed by atoms with E-state index in [2.05, 4.69) is 4.90 Å². The molecule has 2 N–H and O–H groups in total. The maximum Gasteiger partial charge on any atom is 0.0936 e. The van der Waals surface area contributed by atoms with Crippen LogP contribution in [0.5, 0.6) is 0 Å². The van der Waals surface area contributed by atoms with Gasteiger partial charge in [0, 0.05) is 31.7 Å². The van der Waals surface area contributed by atoms with Gasteiger partial charge in [0.1, 0.15) is 0 Å². The quantitative estimate of drug-likeness (QED) is 0.697. The summed E-state index contributed by atoms with van der Waals surface area (Å²) < 4.78 is 11.0. The largest absolute Gasteiger partial charge is 0.396 e. The van der Waals surface area contributed by atoms with E-state index in [1.165, 1.54) is 0 Å². The van der Waals surface area contributed by atoms with Crippen molar-refractivity contribution in [1.29, 1.82) is 0 Å². The Kier molecular flexibility index (Phi) is 4.38. The average molecular weight is 245 g/mol. The Morgan fingerprint density at radius 3 is 2.76 bits per heavy atom. The Balaban J connectivity index is 1.92. The van der Waals surface area contributed by atoms with Crippen molar-refractivity contribution in [3.8, 4) is 0 Å². The molecule has 100 valence electrons. The van der Waals surface area contributed by atoms with E-state index < -0.39 is 0 Å². The minimum atomic E-state index is -0.114. The van der Waals surface area contributed by atoms with E-state index in [0.717, 1.165) is 32.7 Å². The molecular formula is C12H23NO4. The van der Waals surface area contributed by atoms with Crippen molar-refractivity contribution in [2.75, 3.05) is 46.1 Å². The summed E-state index contributed by atoms with van der Waals surface area (Å²) in [4.78, 5) is 2.28. The second-order valence-corrected chi connectivity index (χ2v) is 5.41. The molecule has 2 saturated heterocycles. The summed E-state index contributed by atoms with van der Waals surface area (Å²) >= 11 is 0. The van der Waals surface area contributed by atoms with Crippen LogP contribution in [0.15, 0.2) is 0 Å². The van der Waals surface area contributed by atoms with Crippen molar-refractivity contribution in [2.24, 2.45) is 5.41 Å². The molecule has 0 amide bonds. The van der Waals surface area contributed by atoms with Crippen LogP contribution >= 0.6 is 0 Å². The molecule has 3 unspecified atom stereocenters. The van der Waals surface area contributed by atoms with Crippen LogP contribution in [0.3, 0.4) is 0 Å². The number of ether oxygens (including phenoxy) is 2. The third kappa shape index (κ3) is 3.17. The van der Waals surface area contributed by atoms with E-state index in [1.807, 2.05) is 6.92 Å². The molecule has 2 fully saturated rings. The smallest absolute Gasteiger partial charge is 0.0936 e. The first-order chi connectivity index (χ1) is 8.17. The lowest BCUT2D eigenvalue weighted by Gasteiger charge is -2.40. The van der Waals surface area contributed by atoms with Gasteiger partial charge in [-0.2, -0.15) is 0 Å². The number of nitrogens with zero attached hydrogens (tertiary/aromatic N) is 1. The van der Waals surface area contributed by atoms with Gasteiger partial charge in [-0.3, -0.25) is 4.90 Å². The van der Waals surface area contributed by atoms with Crippen molar-refractivity contribution >= 4 is 0 Å². The Labute approximate surface area is 102 Å². The van der Waals surface area contributed by atoms with Gasteiger partial charge in [-0.1, -0.05) is 0 Å². The fraction of sp³-hybridized carbons (Fsp3) is 1.00. The predicted molar refractivity (Wildman–Crippen MR) is 62.8 cm³/mol. The van der Waals surface area contributed by atoms with Gasteiger partial charge in [0.15, 0.2) is 0 Å². The Hall–Kier alpha value is -0.200. The highest BCUT2D eigenvalue weighted by Gasteiger charge is 2.38. The van der Waals surface area contributed by atoms with Gasteiger partial charge in [0.05, 0.1) is 32.0 Å². The molecule has 0 radical (unpaired) electrons. The zero-order valence-corrected chi connectivity index (χ0v) is 10.5. The zero-order valence-electron chi connectivity index (χ0n) is 10.5. The van der Waals surface area contributed by atoms with Gasteiger partial charge in [-0.05, 0) is 13.3 Å². The Morgan fingerprint density at radius 2 is 2.18 bits per heavy atom. The molecule has 0 aromatic carbocycles. The van der Waals surface area contributed by atoms with Crippen molar-refractivity contribution in [3.63, 3.8) is 0 Å². The number of aliphatic hydroxyl groups is 2. The summed E-state index contributed by atoms with van der Waals surface area (Å²) in [7, 11) is 0. The van der Waals surface area contributed by atoms with E-state index in [1.54, 1.807) is 0 Å². The maximum absolute atomic E-state index is 9.55. The van der Waals surface area contributed by atoms with Crippen LogP contribution < -0.4 is 0 Å². The molecule has 0 aliphatic carbocycles. The average Bonchev–Trinajstić information content (AvgIpc) is 2.77. The molecule has 0 aromatic heterocycles. The minimum absolute atomic E-state index is 0.0590. The Bertz CT molecular complexity index is 243. The molecule has 0 spiro atoms. The lowest BCUT2D eigenvalue weighted by molar-refractivity contribution is -0.105. The first-order valence-electron chi connectivity index (χ1n) is 6.35. The van der Waals surface area contributed by atoms with Crippen LogP contribution in [0.2, 0.25) is 0 Å².